The maximum absolute atomic E-state index is 9.61. The van der Waals surface area contributed by atoms with Crippen LogP contribution in [0.1, 0.15) is 30.9 Å². The maximum atomic E-state index is 9.61. The van der Waals surface area contributed by atoms with Crippen molar-refractivity contribution < 1.29 is 9.84 Å². The Morgan fingerprint density at radius 2 is 2.06 bits per heavy atom. The van der Waals surface area contributed by atoms with Crippen LogP contribution >= 0.6 is 0 Å². The Morgan fingerprint density at radius 1 is 1.29 bits per heavy atom. The quantitative estimate of drug-likeness (QED) is 0.868. The van der Waals surface area contributed by atoms with E-state index in [2.05, 4.69) is 11.0 Å². The lowest BCUT2D eigenvalue weighted by atomic mass is 10.0. The van der Waals surface area contributed by atoms with Crippen molar-refractivity contribution in [2.75, 3.05) is 26.8 Å². The van der Waals surface area contributed by atoms with Gasteiger partial charge in [0.1, 0.15) is 5.75 Å². The summed E-state index contributed by atoms with van der Waals surface area (Å²) in [7, 11) is 1.67. The monoisotopic (exact) mass is 235 g/mol. The van der Waals surface area contributed by atoms with E-state index in [-0.39, 0.29) is 12.6 Å². The molecule has 0 saturated carbocycles. The zero-order valence-electron chi connectivity index (χ0n) is 10.4. The van der Waals surface area contributed by atoms with Gasteiger partial charge in [-0.25, -0.2) is 0 Å². The predicted molar refractivity (Wildman–Crippen MR) is 68.2 cm³/mol. The third-order valence-corrected chi connectivity index (χ3v) is 3.48. The third kappa shape index (κ3) is 2.99. The van der Waals surface area contributed by atoms with Crippen LogP contribution in [0.25, 0.3) is 0 Å². The van der Waals surface area contributed by atoms with Gasteiger partial charge in [0.05, 0.1) is 19.8 Å². The molecule has 1 aromatic carbocycles. The first kappa shape index (κ1) is 12.4. The molecule has 1 atom stereocenters. The second-order valence-corrected chi connectivity index (χ2v) is 4.57. The van der Waals surface area contributed by atoms with Gasteiger partial charge in [0.15, 0.2) is 0 Å². The van der Waals surface area contributed by atoms with Crippen molar-refractivity contribution >= 4 is 0 Å². The number of likely N-dealkylation sites (tertiary alicyclic amines) is 1. The average molecular weight is 235 g/mol. The minimum Gasteiger partial charge on any atom is -0.497 e. The summed E-state index contributed by atoms with van der Waals surface area (Å²) < 4.78 is 5.24. The van der Waals surface area contributed by atoms with Crippen molar-refractivity contribution in [2.45, 2.75) is 25.3 Å². The number of methoxy groups -OCH3 is 1. The first-order valence-corrected chi connectivity index (χ1v) is 6.34. The van der Waals surface area contributed by atoms with Crippen LogP contribution in [0.3, 0.4) is 0 Å². The Kier molecular flexibility index (Phi) is 4.40. The molecule has 3 nitrogen and oxygen atoms in total. The van der Waals surface area contributed by atoms with Gasteiger partial charge in [0.25, 0.3) is 0 Å². The van der Waals surface area contributed by atoms with Crippen molar-refractivity contribution in [3.05, 3.63) is 29.8 Å². The molecule has 3 heteroatoms. The van der Waals surface area contributed by atoms with Crippen LogP contribution in [-0.2, 0) is 0 Å². The lowest BCUT2D eigenvalue weighted by Crippen LogP contribution is -2.35. The number of aliphatic hydroxyl groups excluding tert-OH is 1. The van der Waals surface area contributed by atoms with Gasteiger partial charge in [0.2, 0.25) is 0 Å². The summed E-state index contributed by atoms with van der Waals surface area (Å²) in [6, 6.07) is 8.13. The zero-order chi connectivity index (χ0) is 12.1. The molecule has 94 valence electrons. The summed E-state index contributed by atoms with van der Waals surface area (Å²) in [6.45, 7) is 2.35. The topological polar surface area (TPSA) is 32.7 Å². The van der Waals surface area contributed by atoms with E-state index in [0.717, 1.165) is 24.4 Å². The SMILES string of the molecule is COc1cccc([C@@H](CO)N2CCCCC2)c1. The van der Waals surface area contributed by atoms with E-state index in [1.807, 2.05) is 18.2 Å². The highest BCUT2D eigenvalue weighted by atomic mass is 16.5. The van der Waals surface area contributed by atoms with Crippen LogP contribution in [0.4, 0.5) is 0 Å². The molecular formula is C14H21NO2. The van der Waals surface area contributed by atoms with Crippen molar-refractivity contribution in [3.8, 4) is 5.75 Å². The van der Waals surface area contributed by atoms with Crippen molar-refractivity contribution in [1.82, 2.24) is 4.90 Å². The molecular weight excluding hydrogens is 214 g/mol. The van der Waals surface area contributed by atoms with Crippen LogP contribution in [-0.4, -0.2) is 36.8 Å². The Bertz CT molecular complexity index is 348. The molecule has 1 aliphatic rings. The van der Waals surface area contributed by atoms with Gasteiger partial charge < -0.3 is 9.84 Å². The summed E-state index contributed by atoms with van der Waals surface area (Å²) in [6.07, 6.45) is 3.79. The molecule has 1 aromatic rings. The van der Waals surface area contributed by atoms with E-state index in [9.17, 15) is 5.11 Å². The third-order valence-electron chi connectivity index (χ3n) is 3.48. The molecule has 0 unspecified atom stereocenters. The number of benzene rings is 1. The maximum Gasteiger partial charge on any atom is 0.119 e. The van der Waals surface area contributed by atoms with Crippen LogP contribution in [0.2, 0.25) is 0 Å². The summed E-state index contributed by atoms with van der Waals surface area (Å²) in [5.41, 5.74) is 1.15. The number of hydrogen-bond acceptors (Lipinski definition) is 3. The van der Waals surface area contributed by atoms with Crippen LogP contribution in [0, 0.1) is 0 Å². The lowest BCUT2D eigenvalue weighted by Gasteiger charge is -2.33. The number of piperidine rings is 1. The van der Waals surface area contributed by atoms with E-state index in [1.54, 1.807) is 7.11 Å². The Morgan fingerprint density at radius 3 is 2.71 bits per heavy atom. The van der Waals surface area contributed by atoms with Gasteiger partial charge in [-0.2, -0.15) is 0 Å². The first-order valence-electron chi connectivity index (χ1n) is 6.34. The molecule has 17 heavy (non-hydrogen) atoms. The fourth-order valence-electron chi connectivity index (χ4n) is 2.51. The summed E-state index contributed by atoms with van der Waals surface area (Å²) in [4.78, 5) is 2.37. The molecule has 0 aliphatic carbocycles. The molecule has 1 fully saturated rings. The fraction of sp³-hybridized carbons (Fsp3) is 0.571. The molecule has 0 radical (unpaired) electrons. The smallest absolute Gasteiger partial charge is 0.119 e. The van der Waals surface area contributed by atoms with Gasteiger partial charge in [-0.15, -0.1) is 0 Å². The lowest BCUT2D eigenvalue weighted by molar-refractivity contribution is 0.104. The Hall–Kier alpha value is -1.06. The van der Waals surface area contributed by atoms with E-state index in [4.69, 9.17) is 4.74 Å². The van der Waals surface area contributed by atoms with Gasteiger partial charge in [-0.3, -0.25) is 4.90 Å². The van der Waals surface area contributed by atoms with E-state index >= 15 is 0 Å². The second kappa shape index (κ2) is 6.03. The van der Waals surface area contributed by atoms with Crippen molar-refractivity contribution in [1.29, 1.82) is 0 Å². The number of hydrogen-bond donors (Lipinski definition) is 1. The second-order valence-electron chi connectivity index (χ2n) is 4.57. The summed E-state index contributed by atoms with van der Waals surface area (Å²) in [5, 5.41) is 9.61. The van der Waals surface area contributed by atoms with Crippen LogP contribution in [0.5, 0.6) is 5.75 Å². The first-order chi connectivity index (χ1) is 8.35. The average Bonchev–Trinajstić information content (AvgIpc) is 2.41. The van der Waals surface area contributed by atoms with Gasteiger partial charge >= 0.3 is 0 Å². The molecule has 1 N–H and O–H groups in total. The predicted octanol–water partition coefficient (Wildman–Crippen LogP) is 2.21. The summed E-state index contributed by atoms with van der Waals surface area (Å²) >= 11 is 0. The standard InChI is InChI=1S/C14H21NO2/c1-17-13-7-5-6-12(10-13)14(11-16)15-8-3-2-4-9-15/h5-7,10,14,16H,2-4,8-9,11H2,1H3/t14-/m1/s1. The zero-order valence-corrected chi connectivity index (χ0v) is 10.4. The number of rotatable bonds is 4. The molecule has 1 saturated heterocycles. The molecule has 1 aliphatic heterocycles. The highest BCUT2D eigenvalue weighted by Gasteiger charge is 2.21. The van der Waals surface area contributed by atoms with Crippen LogP contribution in [0.15, 0.2) is 24.3 Å². The molecule has 0 bridgehead atoms. The molecule has 0 amide bonds. The highest BCUT2D eigenvalue weighted by Crippen LogP contribution is 2.26. The van der Waals surface area contributed by atoms with E-state index in [1.165, 1.54) is 19.3 Å². The Labute approximate surface area is 103 Å². The number of ether oxygens (including phenoxy) is 1. The van der Waals surface area contributed by atoms with Crippen molar-refractivity contribution in [2.24, 2.45) is 0 Å². The van der Waals surface area contributed by atoms with Gasteiger partial charge in [-0.1, -0.05) is 18.6 Å². The molecule has 1 heterocycles. The highest BCUT2D eigenvalue weighted by molar-refractivity contribution is 5.30. The Balaban J connectivity index is 2.15. The molecule has 0 spiro atoms. The largest absolute Gasteiger partial charge is 0.497 e. The van der Waals surface area contributed by atoms with Crippen molar-refractivity contribution in [3.63, 3.8) is 0 Å². The van der Waals surface area contributed by atoms with Gasteiger partial charge in [-0.05, 0) is 43.6 Å². The fourth-order valence-corrected chi connectivity index (χ4v) is 2.51. The minimum absolute atomic E-state index is 0.116. The normalized spacial score (nSPS) is 18.9. The number of aliphatic hydroxyl groups is 1. The van der Waals surface area contributed by atoms with Crippen LogP contribution < -0.4 is 4.74 Å². The van der Waals surface area contributed by atoms with E-state index in [0.29, 0.717) is 0 Å². The molecule has 0 aromatic heterocycles. The molecule has 2 rings (SSSR count). The van der Waals surface area contributed by atoms with Gasteiger partial charge in [0, 0.05) is 0 Å². The van der Waals surface area contributed by atoms with E-state index < -0.39 is 0 Å². The number of nitrogens with zero attached hydrogens (tertiary/aromatic N) is 1. The minimum atomic E-state index is 0.116. The summed E-state index contributed by atoms with van der Waals surface area (Å²) in [5.74, 6) is 0.859.